The summed E-state index contributed by atoms with van der Waals surface area (Å²) in [5.74, 6) is -0.816. The van der Waals surface area contributed by atoms with Crippen molar-refractivity contribution in [2.45, 2.75) is 24.7 Å². The van der Waals surface area contributed by atoms with Crippen molar-refractivity contribution in [1.29, 1.82) is 0 Å². The lowest BCUT2D eigenvalue weighted by Crippen LogP contribution is -2.30. The summed E-state index contributed by atoms with van der Waals surface area (Å²) in [5, 5.41) is 2.74. The van der Waals surface area contributed by atoms with Gasteiger partial charge < -0.3 is 5.32 Å². The Morgan fingerprint density at radius 2 is 1.96 bits per heavy atom. The number of anilines is 1. The Hall–Kier alpha value is -2.25. The fourth-order valence-electron chi connectivity index (χ4n) is 3.89. The van der Waals surface area contributed by atoms with Gasteiger partial charge in [-0.3, -0.25) is 4.79 Å². The summed E-state index contributed by atoms with van der Waals surface area (Å²) >= 11 is 0. The molecule has 1 aliphatic carbocycles. The number of hydrogen-bond acceptors (Lipinski definition) is 3. The molecule has 27 heavy (non-hydrogen) atoms. The molecule has 2 fully saturated rings. The lowest BCUT2D eigenvalue weighted by atomic mass is 10.0. The quantitative estimate of drug-likeness (QED) is 0.875. The predicted octanol–water partition coefficient (Wildman–Crippen LogP) is 3.17. The van der Waals surface area contributed by atoms with Gasteiger partial charge in [0.1, 0.15) is 5.82 Å². The zero-order chi connectivity index (χ0) is 19.2. The predicted molar refractivity (Wildman–Crippen MR) is 100 cm³/mol. The normalized spacial score (nSPS) is 24.9. The Kier molecular flexibility index (Phi) is 4.31. The lowest BCUT2D eigenvalue weighted by molar-refractivity contribution is -0.118. The van der Waals surface area contributed by atoms with Crippen LogP contribution in [0, 0.1) is 24.1 Å². The average Bonchev–Trinajstić information content (AvgIpc) is 3.14. The largest absolute Gasteiger partial charge is 0.326 e. The van der Waals surface area contributed by atoms with Crippen LogP contribution < -0.4 is 5.32 Å². The molecule has 2 aromatic rings. The van der Waals surface area contributed by atoms with Crippen LogP contribution >= 0.6 is 0 Å². The summed E-state index contributed by atoms with van der Waals surface area (Å²) in [6.07, 6.45) is 1.33. The molecular formula is C20H21FN2O3S. The second kappa shape index (κ2) is 6.42. The van der Waals surface area contributed by atoms with Gasteiger partial charge in [0.25, 0.3) is 0 Å². The van der Waals surface area contributed by atoms with Crippen LogP contribution in [0.3, 0.4) is 0 Å². The first-order chi connectivity index (χ1) is 12.8. The summed E-state index contributed by atoms with van der Waals surface area (Å²) in [4.78, 5) is 12.8. The first kappa shape index (κ1) is 18.1. The number of benzene rings is 2. The van der Waals surface area contributed by atoms with E-state index >= 15 is 0 Å². The van der Waals surface area contributed by atoms with Gasteiger partial charge >= 0.3 is 0 Å². The minimum absolute atomic E-state index is 0.171. The maximum Gasteiger partial charge on any atom is 0.243 e. The molecule has 1 heterocycles. The number of nitrogens with zero attached hydrogens (tertiary/aromatic N) is 1. The standard InChI is InChI=1S/C20H21FN2O3S/c1-14-5-7-17(8-6-14)27(25,26)23-10-9-20(13-23)12-18(20)19(24)22-16-4-2-3-15(21)11-16/h2-8,11,18H,9-10,12-13H2,1H3,(H,22,24)/t18-,20+/m1/s1. The van der Waals surface area contributed by atoms with Crippen LogP contribution in [-0.4, -0.2) is 31.7 Å². The zero-order valence-corrected chi connectivity index (χ0v) is 15.8. The van der Waals surface area contributed by atoms with Gasteiger partial charge in [-0.15, -0.1) is 0 Å². The molecule has 4 rings (SSSR count). The summed E-state index contributed by atoms with van der Waals surface area (Å²) < 4.78 is 40.5. The maximum absolute atomic E-state index is 13.3. The first-order valence-electron chi connectivity index (χ1n) is 8.93. The van der Waals surface area contributed by atoms with E-state index < -0.39 is 15.8 Å². The van der Waals surface area contributed by atoms with E-state index in [0.717, 1.165) is 5.56 Å². The number of rotatable bonds is 4. The zero-order valence-electron chi connectivity index (χ0n) is 15.0. The maximum atomic E-state index is 13.3. The SMILES string of the molecule is Cc1ccc(S(=O)(=O)N2CC[C@]3(C[C@@H]3C(=O)Nc3cccc(F)c3)C2)cc1. The first-order valence-corrected chi connectivity index (χ1v) is 10.4. The van der Waals surface area contributed by atoms with Crippen molar-refractivity contribution in [2.75, 3.05) is 18.4 Å². The molecule has 1 aliphatic heterocycles. The number of nitrogens with one attached hydrogen (secondary N) is 1. The van der Waals surface area contributed by atoms with Gasteiger partial charge in [-0.2, -0.15) is 4.31 Å². The molecule has 1 spiro atoms. The summed E-state index contributed by atoms with van der Waals surface area (Å²) in [5.41, 5.74) is 1.13. The molecule has 2 atom stereocenters. The number of aryl methyl sites for hydroxylation is 1. The van der Waals surface area contributed by atoms with Crippen LogP contribution in [0.25, 0.3) is 0 Å². The van der Waals surface area contributed by atoms with Crippen molar-refractivity contribution in [1.82, 2.24) is 4.31 Å². The van der Waals surface area contributed by atoms with Crippen molar-refractivity contribution >= 4 is 21.6 Å². The fraction of sp³-hybridized carbons (Fsp3) is 0.350. The molecule has 0 unspecified atom stereocenters. The second-order valence-corrected chi connectivity index (χ2v) is 9.46. The molecule has 1 amide bonds. The summed E-state index contributed by atoms with van der Waals surface area (Å²) in [7, 11) is -3.55. The number of carbonyl (C=O) groups is 1. The van der Waals surface area contributed by atoms with Gasteiger partial charge in [0, 0.05) is 24.7 Å². The Morgan fingerprint density at radius 3 is 2.67 bits per heavy atom. The molecule has 2 aliphatic rings. The molecule has 1 saturated carbocycles. The highest BCUT2D eigenvalue weighted by molar-refractivity contribution is 7.89. The molecule has 7 heteroatoms. The van der Waals surface area contributed by atoms with Crippen molar-refractivity contribution in [3.63, 3.8) is 0 Å². The number of hydrogen-bond donors (Lipinski definition) is 1. The Labute approximate surface area is 158 Å². The van der Waals surface area contributed by atoms with Crippen molar-refractivity contribution in [2.24, 2.45) is 11.3 Å². The third-order valence-electron chi connectivity index (χ3n) is 5.61. The van der Waals surface area contributed by atoms with E-state index in [0.29, 0.717) is 31.6 Å². The molecular weight excluding hydrogens is 367 g/mol. The van der Waals surface area contributed by atoms with Crippen LogP contribution in [0.15, 0.2) is 53.4 Å². The Bertz CT molecular complexity index is 991. The van der Waals surface area contributed by atoms with Crippen LogP contribution in [0.2, 0.25) is 0 Å². The minimum Gasteiger partial charge on any atom is -0.326 e. The highest BCUT2D eigenvalue weighted by Gasteiger charge is 2.62. The molecule has 0 bridgehead atoms. The summed E-state index contributed by atoms with van der Waals surface area (Å²) in [6, 6.07) is 12.6. The van der Waals surface area contributed by atoms with Gasteiger partial charge in [0.05, 0.1) is 4.90 Å². The van der Waals surface area contributed by atoms with Crippen LogP contribution in [0.1, 0.15) is 18.4 Å². The molecule has 142 valence electrons. The van der Waals surface area contributed by atoms with Crippen molar-refractivity contribution < 1.29 is 17.6 Å². The van der Waals surface area contributed by atoms with Gasteiger partial charge in [0.2, 0.25) is 15.9 Å². The monoisotopic (exact) mass is 388 g/mol. The van der Waals surface area contributed by atoms with Gasteiger partial charge in [-0.05, 0) is 55.5 Å². The molecule has 2 aromatic carbocycles. The third-order valence-corrected chi connectivity index (χ3v) is 7.47. The van der Waals surface area contributed by atoms with E-state index in [-0.39, 0.29) is 22.1 Å². The van der Waals surface area contributed by atoms with Crippen LogP contribution in [0.5, 0.6) is 0 Å². The molecule has 0 radical (unpaired) electrons. The smallest absolute Gasteiger partial charge is 0.243 e. The van der Waals surface area contributed by atoms with E-state index in [1.807, 2.05) is 6.92 Å². The van der Waals surface area contributed by atoms with Gasteiger partial charge in [-0.1, -0.05) is 23.8 Å². The third kappa shape index (κ3) is 3.37. The molecule has 5 nitrogen and oxygen atoms in total. The number of sulfonamides is 1. The topological polar surface area (TPSA) is 66.5 Å². The minimum atomic E-state index is -3.55. The van der Waals surface area contributed by atoms with E-state index in [1.165, 1.54) is 16.4 Å². The van der Waals surface area contributed by atoms with Crippen LogP contribution in [-0.2, 0) is 14.8 Å². The van der Waals surface area contributed by atoms with E-state index in [1.54, 1.807) is 36.4 Å². The highest BCUT2D eigenvalue weighted by Crippen LogP contribution is 2.59. The van der Waals surface area contributed by atoms with E-state index in [2.05, 4.69) is 5.32 Å². The lowest BCUT2D eigenvalue weighted by Gasteiger charge is -2.17. The second-order valence-electron chi connectivity index (χ2n) is 7.52. The highest BCUT2D eigenvalue weighted by atomic mass is 32.2. The number of amides is 1. The van der Waals surface area contributed by atoms with Crippen molar-refractivity contribution in [3.8, 4) is 0 Å². The Morgan fingerprint density at radius 1 is 1.22 bits per heavy atom. The van der Waals surface area contributed by atoms with Gasteiger partial charge in [0.15, 0.2) is 0 Å². The molecule has 1 saturated heterocycles. The average molecular weight is 388 g/mol. The van der Waals surface area contributed by atoms with Crippen molar-refractivity contribution in [3.05, 3.63) is 59.9 Å². The van der Waals surface area contributed by atoms with E-state index in [9.17, 15) is 17.6 Å². The summed E-state index contributed by atoms with van der Waals surface area (Å²) in [6.45, 7) is 2.68. The Balaban J connectivity index is 1.44. The number of halogens is 1. The number of carbonyl (C=O) groups excluding carboxylic acids is 1. The van der Waals surface area contributed by atoms with E-state index in [4.69, 9.17) is 0 Å². The van der Waals surface area contributed by atoms with Crippen LogP contribution in [0.4, 0.5) is 10.1 Å². The fourth-order valence-corrected chi connectivity index (χ4v) is 5.42. The molecule has 0 aromatic heterocycles. The molecule has 1 N–H and O–H groups in total. The van der Waals surface area contributed by atoms with Gasteiger partial charge in [-0.25, -0.2) is 12.8 Å².